The van der Waals surface area contributed by atoms with E-state index in [-0.39, 0.29) is 6.03 Å². The molecule has 5 heteroatoms. The third kappa shape index (κ3) is 3.77. The van der Waals surface area contributed by atoms with Gasteiger partial charge in [0.05, 0.1) is 5.41 Å². The molecule has 1 heterocycles. The lowest BCUT2D eigenvalue weighted by Gasteiger charge is -2.38. The van der Waals surface area contributed by atoms with E-state index in [1.54, 1.807) is 4.90 Å². The number of aliphatic carboxylic acids is 1. The van der Waals surface area contributed by atoms with E-state index in [4.69, 9.17) is 0 Å². The largest absolute Gasteiger partial charge is 0.481 e. The molecule has 0 spiro atoms. The van der Waals surface area contributed by atoms with Crippen LogP contribution in [-0.2, 0) is 4.79 Å². The Morgan fingerprint density at radius 2 is 2.10 bits per heavy atom. The van der Waals surface area contributed by atoms with Crippen molar-refractivity contribution in [2.24, 2.45) is 5.41 Å². The number of carboxylic acids is 1. The minimum atomic E-state index is -0.724. The summed E-state index contributed by atoms with van der Waals surface area (Å²) in [4.78, 5) is 25.2. The second-order valence-corrected chi connectivity index (χ2v) is 6.16. The molecule has 0 bridgehead atoms. The smallest absolute Gasteiger partial charge is 0.317 e. The first-order valence-corrected chi connectivity index (χ1v) is 8.01. The highest BCUT2D eigenvalue weighted by atomic mass is 16.4. The molecule has 2 amide bonds. The van der Waals surface area contributed by atoms with Gasteiger partial charge in [-0.25, -0.2) is 4.79 Å². The molecule has 1 saturated heterocycles. The third-order valence-electron chi connectivity index (χ3n) is 5.00. The monoisotopic (exact) mass is 294 g/mol. The highest BCUT2D eigenvalue weighted by Gasteiger charge is 2.40. The summed E-state index contributed by atoms with van der Waals surface area (Å²) in [6, 6.07) is -0.0521. The Balaban J connectivity index is 1.73. The Morgan fingerprint density at radius 1 is 1.38 bits per heavy atom. The summed E-state index contributed by atoms with van der Waals surface area (Å²) >= 11 is 0. The number of likely N-dealkylation sites (tertiary alicyclic amines) is 1. The van der Waals surface area contributed by atoms with Gasteiger partial charge in [0.25, 0.3) is 0 Å². The average Bonchev–Trinajstić information content (AvgIpc) is 3.00. The lowest BCUT2D eigenvalue weighted by molar-refractivity contribution is -0.151. The van der Waals surface area contributed by atoms with Gasteiger partial charge in [-0.05, 0) is 44.9 Å². The van der Waals surface area contributed by atoms with Crippen LogP contribution in [0.2, 0.25) is 0 Å². The number of urea groups is 1. The number of carboxylic acid groups (broad SMARTS) is 1. The predicted octanol–water partition coefficient (Wildman–Crippen LogP) is 2.77. The Morgan fingerprint density at radius 3 is 2.62 bits per heavy atom. The van der Waals surface area contributed by atoms with Crippen molar-refractivity contribution in [1.82, 2.24) is 10.2 Å². The van der Waals surface area contributed by atoms with E-state index in [0.717, 1.165) is 12.8 Å². The second-order valence-electron chi connectivity index (χ2n) is 6.16. The lowest BCUT2D eigenvalue weighted by atomic mass is 9.76. The van der Waals surface area contributed by atoms with Crippen LogP contribution in [0.3, 0.4) is 0 Å². The fourth-order valence-corrected chi connectivity index (χ4v) is 3.26. The molecule has 0 saturated carbocycles. The van der Waals surface area contributed by atoms with Gasteiger partial charge in [-0.15, -0.1) is 0 Å². The molecule has 0 aromatic heterocycles. The zero-order valence-electron chi connectivity index (χ0n) is 12.9. The highest BCUT2D eigenvalue weighted by Crippen LogP contribution is 2.35. The fourth-order valence-electron chi connectivity index (χ4n) is 3.26. The van der Waals surface area contributed by atoms with Crippen LogP contribution in [0, 0.1) is 5.41 Å². The quantitative estimate of drug-likeness (QED) is 0.766. The standard InChI is InChI=1S/C16H26N2O3/c1-2-16(14(19)20)8-11-18(12-9-16)15(21)17-10-7-13-5-3-4-6-13/h5H,2-4,6-12H2,1H3,(H,17,21)(H,19,20). The Hall–Kier alpha value is -1.52. The van der Waals surface area contributed by atoms with Crippen LogP contribution in [0.1, 0.15) is 51.9 Å². The number of hydrogen-bond acceptors (Lipinski definition) is 2. The molecule has 1 aliphatic heterocycles. The van der Waals surface area contributed by atoms with Gasteiger partial charge in [-0.3, -0.25) is 4.79 Å². The van der Waals surface area contributed by atoms with Gasteiger partial charge < -0.3 is 15.3 Å². The molecular formula is C16H26N2O3. The molecule has 2 N–H and O–H groups in total. The summed E-state index contributed by atoms with van der Waals surface area (Å²) in [6.07, 6.45) is 8.52. The van der Waals surface area contributed by atoms with E-state index in [2.05, 4.69) is 11.4 Å². The zero-order valence-corrected chi connectivity index (χ0v) is 12.9. The first-order valence-electron chi connectivity index (χ1n) is 8.01. The lowest BCUT2D eigenvalue weighted by Crippen LogP contribution is -2.49. The molecule has 5 nitrogen and oxygen atoms in total. The molecule has 0 aromatic rings. The van der Waals surface area contributed by atoms with Crippen molar-refractivity contribution in [3.05, 3.63) is 11.6 Å². The molecule has 118 valence electrons. The van der Waals surface area contributed by atoms with Crippen molar-refractivity contribution in [1.29, 1.82) is 0 Å². The summed E-state index contributed by atoms with van der Waals surface area (Å²) in [7, 11) is 0. The van der Waals surface area contributed by atoms with Crippen molar-refractivity contribution in [3.8, 4) is 0 Å². The number of allylic oxidation sites excluding steroid dienone is 1. The maximum absolute atomic E-state index is 12.1. The molecule has 1 fully saturated rings. The van der Waals surface area contributed by atoms with E-state index >= 15 is 0 Å². The number of piperidine rings is 1. The number of hydrogen-bond donors (Lipinski definition) is 2. The van der Waals surface area contributed by atoms with E-state index in [0.29, 0.717) is 38.9 Å². The number of amides is 2. The van der Waals surface area contributed by atoms with Crippen molar-refractivity contribution in [2.75, 3.05) is 19.6 Å². The fraction of sp³-hybridized carbons (Fsp3) is 0.750. The number of nitrogens with one attached hydrogen (secondary N) is 1. The maximum atomic E-state index is 12.1. The van der Waals surface area contributed by atoms with Crippen LogP contribution in [-0.4, -0.2) is 41.6 Å². The summed E-state index contributed by atoms with van der Waals surface area (Å²) < 4.78 is 0. The molecule has 0 radical (unpaired) electrons. The topological polar surface area (TPSA) is 69.6 Å². The van der Waals surface area contributed by atoms with Crippen molar-refractivity contribution in [2.45, 2.75) is 51.9 Å². The van der Waals surface area contributed by atoms with Crippen LogP contribution in [0.5, 0.6) is 0 Å². The number of nitrogens with zero attached hydrogens (tertiary/aromatic N) is 1. The van der Waals surface area contributed by atoms with Gasteiger partial charge in [0.15, 0.2) is 0 Å². The number of rotatable bonds is 5. The van der Waals surface area contributed by atoms with Crippen molar-refractivity contribution >= 4 is 12.0 Å². The highest BCUT2D eigenvalue weighted by molar-refractivity contribution is 5.77. The Bertz CT molecular complexity index is 423. The van der Waals surface area contributed by atoms with Crippen LogP contribution in [0.4, 0.5) is 4.79 Å². The predicted molar refractivity (Wildman–Crippen MR) is 81.1 cm³/mol. The van der Waals surface area contributed by atoms with Crippen molar-refractivity contribution in [3.63, 3.8) is 0 Å². The summed E-state index contributed by atoms with van der Waals surface area (Å²) in [5.74, 6) is -0.724. The molecule has 21 heavy (non-hydrogen) atoms. The van der Waals surface area contributed by atoms with Crippen LogP contribution in [0.15, 0.2) is 11.6 Å². The van der Waals surface area contributed by atoms with E-state index in [1.807, 2.05) is 6.92 Å². The molecule has 0 unspecified atom stereocenters. The normalized spacial score (nSPS) is 21.0. The van der Waals surface area contributed by atoms with E-state index in [1.165, 1.54) is 18.4 Å². The summed E-state index contributed by atoms with van der Waals surface area (Å²) in [6.45, 7) is 3.67. The van der Waals surface area contributed by atoms with Gasteiger partial charge in [0.1, 0.15) is 0 Å². The maximum Gasteiger partial charge on any atom is 0.317 e. The van der Waals surface area contributed by atoms with Gasteiger partial charge in [0, 0.05) is 19.6 Å². The van der Waals surface area contributed by atoms with Gasteiger partial charge in [0.2, 0.25) is 0 Å². The molecule has 1 aliphatic carbocycles. The first kappa shape index (κ1) is 15.9. The molecule has 0 aromatic carbocycles. The van der Waals surface area contributed by atoms with Crippen LogP contribution >= 0.6 is 0 Å². The summed E-state index contributed by atoms with van der Waals surface area (Å²) in [5, 5.41) is 12.3. The van der Waals surface area contributed by atoms with Gasteiger partial charge >= 0.3 is 12.0 Å². The number of carbonyl (C=O) groups excluding carboxylic acids is 1. The minimum absolute atomic E-state index is 0.0521. The van der Waals surface area contributed by atoms with Gasteiger partial charge in [-0.1, -0.05) is 18.6 Å². The Kier molecular flexibility index (Phi) is 5.26. The average molecular weight is 294 g/mol. The minimum Gasteiger partial charge on any atom is -0.481 e. The SMILES string of the molecule is CCC1(C(=O)O)CCN(C(=O)NCCC2=CCCC2)CC1. The second kappa shape index (κ2) is 6.96. The summed E-state index contributed by atoms with van der Waals surface area (Å²) in [5.41, 5.74) is 0.815. The van der Waals surface area contributed by atoms with Gasteiger partial charge in [-0.2, -0.15) is 0 Å². The molecule has 0 atom stereocenters. The molecular weight excluding hydrogens is 268 g/mol. The third-order valence-corrected chi connectivity index (χ3v) is 5.00. The molecule has 2 aliphatic rings. The number of carbonyl (C=O) groups is 2. The van der Waals surface area contributed by atoms with E-state index < -0.39 is 11.4 Å². The van der Waals surface area contributed by atoms with E-state index in [9.17, 15) is 14.7 Å². The first-order chi connectivity index (χ1) is 10.1. The van der Waals surface area contributed by atoms with Crippen LogP contribution in [0.25, 0.3) is 0 Å². The Labute approximate surface area is 126 Å². The zero-order chi connectivity index (χ0) is 15.3. The molecule has 2 rings (SSSR count). The van der Waals surface area contributed by atoms with Crippen LogP contribution < -0.4 is 5.32 Å². The van der Waals surface area contributed by atoms with Crippen molar-refractivity contribution < 1.29 is 14.7 Å².